The molecule has 2 heteroatoms. The first-order valence-electron chi connectivity index (χ1n) is 7.99. The Morgan fingerprint density at radius 2 is 1.80 bits per heavy atom. The molecule has 20 heavy (non-hydrogen) atoms. The molecule has 0 saturated heterocycles. The Balaban J connectivity index is 1.81. The molecule has 0 amide bonds. The van der Waals surface area contributed by atoms with Crippen molar-refractivity contribution in [3.8, 4) is 0 Å². The lowest BCUT2D eigenvalue weighted by molar-refractivity contribution is -0.125. The van der Waals surface area contributed by atoms with Gasteiger partial charge < -0.3 is 5.11 Å². The van der Waals surface area contributed by atoms with Crippen LogP contribution < -0.4 is 0 Å². The molecular weight excluding hydrogens is 248 g/mol. The molecule has 1 aromatic carbocycles. The van der Waals surface area contributed by atoms with Crippen molar-refractivity contribution in [1.29, 1.82) is 0 Å². The van der Waals surface area contributed by atoms with Gasteiger partial charge in [-0.25, -0.2) is 0 Å². The van der Waals surface area contributed by atoms with Gasteiger partial charge in [0.05, 0.1) is 0 Å². The zero-order valence-electron chi connectivity index (χ0n) is 12.3. The number of aliphatic hydroxyl groups is 1. The summed E-state index contributed by atoms with van der Waals surface area (Å²) in [5.74, 6) is 1.30. The highest BCUT2D eigenvalue weighted by molar-refractivity contribution is 5.82. The van der Waals surface area contributed by atoms with Crippen LogP contribution in [0.15, 0.2) is 30.3 Å². The van der Waals surface area contributed by atoms with Crippen LogP contribution in [0.5, 0.6) is 0 Å². The summed E-state index contributed by atoms with van der Waals surface area (Å²) < 4.78 is 0. The van der Waals surface area contributed by atoms with Crippen molar-refractivity contribution in [2.24, 2.45) is 5.92 Å². The van der Waals surface area contributed by atoms with Crippen LogP contribution in [0.4, 0.5) is 0 Å². The predicted molar refractivity (Wildman–Crippen MR) is 81.7 cm³/mol. The number of Topliss-reactive ketones (excluding diaryl/α,β-unsaturated/α-hetero) is 1. The number of rotatable bonds is 7. The van der Waals surface area contributed by atoms with Crippen LogP contribution in [0.1, 0.15) is 62.8 Å². The van der Waals surface area contributed by atoms with Crippen molar-refractivity contribution < 1.29 is 9.90 Å². The summed E-state index contributed by atoms with van der Waals surface area (Å²) in [6.45, 7) is 0.290. The summed E-state index contributed by atoms with van der Waals surface area (Å²) >= 11 is 0. The highest BCUT2D eigenvalue weighted by Gasteiger charge is 2.28. The third-order valence-corrected chi connectivity index (χ3v) is 4.50. The summed E-state index contributed by atoms with van der Waals surface area (Å²) in [6.07, 6.45) is 8.07. The Morgan fingerprint density at radius 1 is 1.05 bits per heavy atom. The number of hydrogen-bond acceptors (Lipinski definition) is 2. The Bertz CT molecular complexity index is 399. The van der Waals surface area contributed by atoms with E-state index in [4.69, 9.17) is 5.11 Å². The first-order chi connectivity index (χ1) is 9.81. The average Bonchev–Trinajstić information content (AvgIpc) is 2.49. The normalized spacial score (nSPS) is 22.9. The van der Waals surface area contributed by atoms with Crippen LogP contribution in [0.2, 0.25) is 0 Å². The molecule has 1 aliphatic rings. The predicted octanol–water partition coefficient (Wildman–Crippen LogP) is 4.08. The molecule has 1 aliphatic carbocycles. The second kappa shape index (κ2) is 8.21. The molecule has 1 N–H and O–H groups in total. The van der Waals surface area contributed by atoms with Crippen LogP contribution in [0.3, 0.4) is 0 Å². The minimum atomic E-state index is 0.267. The summed E-state index contributed by atoms with van der Waals surface area (Å²) in [5, 5.41) is 8.76. The number of hydrogen-bond donors (Lipinski definition) is 1. The molecule has 0 spiro atoms. The molecule has 1 saturated carbocycles. The number of carbonyl (C=O) groups is 1. The first-order valence-corrected chi connectivity index (χ1v) is 7.99. The van der Waals surface area contributed by atoms with E-state index in [-0.39, 0.29) is 5.92 Å². The van der Waals surface area contributed by atoms with Crippen molar-refractivity contribution in [3.05, 3.63) is 35.9 Å². The van der Waals surface area contributed by atoms with E-state index >= 15 is 0 Å². The maximum absolute atomic E-state index is 12.1. The Kier molecular flexibility index (Phi) is 6.25. The molecule has 1 fully saturated rings. The lowest BCUT2D eigenvalue weighted by Gasteiger charge is -2.28. The third-order valence-electron chi connectivity index (χ3n) is 4.50. The molecule has 2 nitrogen and oxygen atoms in total. The van der Waals surface area contributed by atoms with Crippen molar-refractivity contribution in [3.63, 3.8) is 0 Å². The van der Waals surface area contributed by atoms with E-state index in [0.717, 1.165) is 51.4 Å². The number of aliphatic hydroxyl groups excluding tert-OH is 1. The van der Waals surface area contributed by atoms with E-state index in [1.807, 2.05) is 0 Å². The number of ketones is 1. The number of benzene rings is 1. The molecule has 0 heterocycles. The van der Waals surface area contributed by atoms with Gasteiger partial charge >= 0.3 is 0 Å². The first kappa shape index (κ1) is 15.2. The summed E-state index contributed by atoms with van der Waals surface area (Å²) in [4.78, 5) is 12.1. The van der Waals surface area contributed by atoms with Crippen LogP contribution >= 0.6 is 0 Å². The van der Waals surface area contributed by atoms with Crippen LogP contribution in [0, 0.1) is 5.92 Å². The van der Waals surface area contributed by atoms with Gasteiger partial charge in [-0.05, 0) is 37.2 Å². The van der Waals surface area contributed by atoms with Gasteiger partial charge in [-0.3, -0.25) is 4.79 Å². The van der Waals surface area contributed by atoms with Crippen molar-refractivity contribution >= 4 is 5.78 Å². The number of carbonyl (C=O) groups excluding carboxylic acids is 1. The summed E-state index contributed by atoms with van der Waals surface area (Å²) in [6, 6.07) is 10.6. The van der Waals surface area contributed by atoms with Gasteiger partial charge in [0.25, 0.3) is 0 Å². The van der Waals surface area contributed by atoms with Gasteiger partial charge in [-0.15, -0.1) is 0 Å². The van der Waals surface area contributed by atoms with Gasteiger partial charge in [0.15, 0.2) is 0 Å². The van der Waals surface area contributed by atoms with E-state index in [1.165, 1.54) is 5.56 Å². The van der Waals surface area contributed by atoms with Crippen LogP contribution in [0.25, 0.3) is 0 Å². The zero-order chi connectivity index (χ0) is 14.2. The van der Waals surface area contributed by atoms with Crippen LogP contribution in [-0.4, -0.2) is 17.5 Å². The quantitative estimate of drug-likeness (QED) is 0.761. The lowest BCUT2D eigenvalue weighted by atomic mass is 9.75. The summed E-state index contributed by atoms with van der Waals surface area (Å²) in [7, 11) is 0. The fraction of sp³-hybridized carbons (Fsp3) is 0.611. The highest BCUT2D eigenvalue weighted by Crippen LogP contribution is 2.36. The molecule has 0 aliphatic heterocycles. The maximum atomic E-state index is 12.1. The van der Waals surface area contributed by atoms with Crippen LogP contribution in [-0.2, 0) is 4.79 Å². The molecule has 0 bridgehead atoms. The van der Waals surface area contributed by atoms with E-state index in [2.05, 4.69) is 30.3 Å². The molecule has 0 aromatic heterocycles. The van der Waals surface area contributed by atoms with Gasteiger partial charge in [0.2, 0.25) is 0 Å². The van der Waals surface area contributed by atoms with E-state index in [0.29, 0.717) is 18.3 Å². The second-order valence-corrected chi connectivity index (χ2v) is 5.97. The topological polar surface area (TPSA) is 37.3 Å². The third kappa shape index (κ3) is 4.45. The average molecular weight is 274 g/mol. The minimum Gasteiger partial charge on any atom is -0.396 e. The van der Waals surface area contributed by atoms with E-state index < -0.39 is 0 Å². The van der Waals surface area contributed by atoms with Gasteiger partial charge in [0.1, 0.15) is 5.78 Å². The maximum Gasteiger partial charge on any atom is 0.136 e. The fourth-order valence-electron chi connectivity index (χ4n) is 3.28. The smallest absolute Gasteiger partial charge is 0.136 e. The molecule has 0 radical (unpaired) electrons. The number of unbranched alkanes of at least 4 members (excludes halogenated alkanes) is 3. The monoisotopic (exact) mass is 274 g/mol. The van der Waals surface area contributed by atoms with E-state index in [1.54, 1.807) is 0 Å². The standard InChI is InChI=1S/C18H26O2/c19-13-7-2-1-4-10-17-14-16(11-12-18(17)20)15-8-5-3-6-9-15/h3,5-6,8-9,16-17,19H,1-2,4,7,10-14H2. The minimum absolute atomic E-state index is 0.267. The van der Waals surface area contributed by atoms with E-state index in [9.17, 15) is 4.79 Å². The molecular formula is C18H26O2. The Labute approximate surface area is 122 Å². The Hall–Kier alpha value is -1.15. The van der Waals surface area contributed by atoms with Crippen molar-refractivity contribution in [2.45, 2.75) is 57.3 Å². The zero-order valence-corrected chi connectivity index (χ0v) is 12.3. The molecule has 2 atom stereocenters. The van der Waals surface area contributed by atoms with Gasteiger partial charge in [-0.1, -0.05) is 49.6 Å². The summed E-state index contributed by atoms with van der Waals surface area (Å²) in [5.41, 5.74) is 1.39. The lowest BCUT2D eigenvalue weighted by Crippen LogP contribution is -2.24. The highest BCUT2D eigenvalue weighted by atomic mass is 16.2. The Morgan fingerprint density at radius 3 is 2.55 bits per heavy atom. The van der Waals surface area contributed by atoms with Gasteiger partial charge in [-0.2, -0.15) is 0 Å². The molecule has 2 rings (SSSR count). The largest absolute Gasteiger partial charge is 0.396 e. The molecule has 1 aromatic rings. The fourth-order valence-corrected chi connectivity index (χ4v) is 3.28. The second-order valence-electron chi connectivity index (χ2n) is 5.97. The molecule has 110 valence electrons. The van der Waals surface area contributed by atoms with Gasteiger partial charge in [0, 0.05) is 18.9 Å². The SMILES string of the molecule is O=C1CCC(c2ccccc2)CC1CCCCCCO. The molecule has 2 unspecified atom stereocenters. The van der Waals surface area contributed by atoms with Crippen molar-refractivity contribution in [2.75, 3.05) is 6.61 Å². The van der Waals surface area contributed by atoms with Crippen molar-refractivity contribution in [1.82, 2.24) is 0 Å².